The first-order valence-electron chi connectivity index (χ1n) is 6.57. The second-order valence-electron chi connectivity index (χ2n) is 4.65. The van der Waals surface area contributed by atoms with Crippen LogP contribution in [-0.2, 0) is 13.6 Å². The topological polar surface area (TPSA) is 52.2 Å². The molecule has 0 fully saturated rings. The number of carbonyl (C=O) groups excluding carboxylic acids is 1. The fraction of sp³-hybridized carbons (Fsp3) is 0.133. The van der Waals surface area contributed by atoms with Crippen LogP contribution in [0.2, 0.25) is 0 Å². The van der Waals surface area contributed by atoms with Crippen molar-refractivity contribution in [2.45, 2.75) is 6.54 Å². The van der Waals surface area contributed by atoms with E-state index in [1.165, 1.54) is 23.6 Å². The molecule has 112 valence electrons. The Morgan fingerprint density at radius 2 is 2.36 bits per heavy atom. The number of halogens is 1. The Balaban J connectivity index is 2.22. The van der Waals surface area contributed by atoms with Gasteiger partial charge in [-0.2, -0.15) is 4.99 Å². The predicted molar refractivity (Wildman–Crippen MR) is 83.1 cm³/mol. The summed E-state index contributed by atoms with van der Waals surface area (Å²) in [6.07, 6.45) is 4.85. The maximum absolute atomic E-state index is 14.1. The quantitative estimate of drug-likeness (QED) is 0.697. The van der Waals surface area contributed by atoms with E-state index in [2.05, 4.69) is 16.6 Å². The summed E-state index contributed by atoms with van der Waals surface area (Å²) in [6.45, 7) is 4.04. The van der Waals surface area contributed by atoms with E-state index in [-0.39, 0.29) is 11.6 Å². The van der Waals surface area contributed by atoms with Crippen LogP contribution in [-0.4, -0.2) is 20.0 Å². The van der Waals surface area contributed by atoms with Gasteiger partial charge in [-0.3, -0.25) is 4.79 Å². The number of aryl methyl sites for hydroxylation is 1. The molecule has 2 aromatic heterocycles. The first kappa shape index (κ1) is 14.4. The molecule has 3 rings (SSSR count). The van der Waals surface area contributed by atoms with E-state index in [0.717, 1.165) is 4.70 Å². The molecule has 0 saturated carbocycles. The zero-order valence-corrected chi connectivity index (χ0v) is 12.7. The van der Waals surface area contributed by atoms with Gasteiger partial charge in [0, 0.05) is 26.0 Å². The third-order valence-electron chi connectivity index (χ3n) is 3.17. The molecule has 0 atom stereocenters. The molecule has 0 saturated heterocycles. The molecule has 1 aromatic carbocycles. The largest absolute Gasteiger partial charge is 0.330 e. The van der Waals surface area contributed by atoms with Crippen molar-refractivity contribution >= 4 is 27.5 Å². The summed E-state index contributed by atoms with van der Waals surface area (Å²) in [5, 5.41) is 0. The molecule has 0 bridgehead atoms. The van der Waals surface area contributed by atoms with Gasteiger partial charge in [-0.25, -0.2) is 9.37 Å². The lowest BCUT2D eigenvalue weighted by molar-refractivity contribution is 0.0985. The highest BCUT2D eigenvalue weighted by atomic mass is 32.1. The molecule has 0 aliphatic rings. The Hall–Kier alpha value is -2.54. The van der Waals surface area contributed by atoms with Crippen LogP contribution < -0.4 is 4.80 Å². The minimum Gasteiger partial charge on any atom is -0.330 e. The van der Waals surface area contributed by atoms with Gasteiger partial charge in [0.25, 0.3) is 0 Å². The lowest BCUT2D eigenvalue weighted by Crippen LogP contribution is -2.18. The van der Waals surface area contributed by atoms with E-state index in [9.17, 15) is 9.18 Å². The Bertz CT molecular complexity index is 935. The molecule has 0 N–H and O–H groups in total. The smallest absolute Gasteiger partial charge is 0.315 e. The van der Waals surface area contributed by atoms with Gasteiger partial charge in [-0.15, -0.1) is 6.58 Å². The number of fused-ring (bicyclic) bond motifs is 1. The Kier molecular flexibility index (Phi) is 3.72. The Labute approximate surface area is 129 Å². The maximum Gasteiger partial charge on any atom is 0.315 e. The van der Waals surface area contributed by atoms with E-state index in [1.54, 1.807) is 40.6 Å². The van der Waals surface area contributed by atoms with Crippen LogP contribution in [0.15, 0.2) is 48.2 Å². The van der Waals surface area contributed by atoms with Gasteiger partial charge >= 0.3 is 5.91 Å². The molecule has 2 heterocycles. The zero-order valence-electron chi connectivity index (χ0n) is 11.9. The highest BCUT2D eigenvalue weighted by Crippen LogP contribution is 2.20. The monoisotopic (exact) mass is 316 g/mol. The number of para-hydroxylation sites is 1. The van der Waals surface area contributed by atoms with Crippen molar-refractivity contribution in [3.63, 3.8) is 0 Å². The van der Waals surface area contributed by atoms with Crippen molar-refractivity contribution in [1.82, 2.24) is 14.1 Å². The van der Waals surface area contributed by atoms with Crippen molar-refractivity contribution in [3.05, 3.63) is 59.7 Å². The lowest BCUT2D eigenvalue weighted by Gasteiger charge is -2.01. The normalized spacial score (nSPS) is 12.0. The molecule has 1 amide bonds. The van der Waals surface area contributed by atoms with Crippen molar-refractivity contribution in [3.8, 4) is 0 Å². The SMILES string of the molecule is C=CCn1c(=NC(=O)c2nccn2C)sc2cccc(F)c21. The molecular weight excluding hydrogens is 303 g/mol. The summed E-state index contributed by atoms with van der Waals surface area (Å²) in [4.78, 5) is 20.7. The first-order chi connectivity index (χ1) is 10.6. The standard InChI is InChI=1S/C15H13FN4OS/c1-3-8-20-12-10(16)5-4-6-11(12)22-15(20)18-14(21)13-17-7-9-19(13)2/h3-7,9H,1,8H2,2H3. The molecule has 0 aliphatic heterocycles. The molecular formula is C15H13FN4OS. The van der Waals surface area contributed by atoms with Crippen molar-refractivity contribution < 1.29 is 9.18 Å². The minimum absolute atomic E-state index is 0.239. The summed E-state index contributed by atoms with van der Waals surface area (Å²) < 4.78 is 18.0. The number of carbonyl (C=O) groups is 1. The summed E-state index contributed by atoms with van der Waals surface area (Å²) >= 11 is 1.26. The van der Waals surface area contributed by atoms with Crippen molar-refractivity contribution in [2.75, 3.05) is 0 Å². The number of rotatable bonds is 3. The molecule has 22 heavy (non-hydrogen) atoms. The number of allylic oxidation sites excluding steroid dienone is 1. The van der Waals surface area contributed by atoms with Gasteiger partial charge in [0.2, 0.25) is 5.82 Å². The fourth-order valence-electron chi connectivity index (χ4n) is 2.18. The second-order valence-corrected chi connectivity index (χ2v) is 5.66. The third kappa shape index (κ3) is 2.39. The number of thiazole rings is 1. The van der Waals surface area contributed by atoms with Gasteiger partial charge in [0.15, 0.2) is 4.80 Å². The third-order valence-corrected chi connectivity index (χ3v) is 4.22. The van der Waals surface area contributed by atoms with Crippen LogP contribution in [0.25, 0.3) is 10.2 Å². The minimum atomic E-state index is -0.461. The summed E-state index contributed by atoms with van der Waals surface area (Å²) in [5.74, 6) is -0.568. The zero-order chi connectivity index (χ0) is 15.7. The van der Waals surface area contributed by atoms with Crippen LogP contribution >= 0.6 is 11.3 Å². The van der Waals surface area contributed by atoms with Gasteiger partial charge in [0.1, 0.15) is 5.82 Å². The van der Waals surface area contributed by atoms with Gasteiger partial charge < -0.3 is 9.13 Å². The summed E-state index contributed by atoms with van der Waals surface area (Å²) in [7, 11) is 1.72. The van der Waals surface area contributed by atoms with E-state index >= 15 is 0 Å². The molecule has 5 nitrogen and oxygen atoms in total. The van der Waals surface area contributed by atoms with Crippen molar-refractivity contribution in [1.29, 1.82) is 0 Å². The van der Waals surface area contributed by atoms with E-state index in [1.807, 2.05) is 0 Å². The number of benzene rings is 1. The van der Waals surface area contributed by atoms with E-state index in [0.29, 0.717) is 16.9 Å². The van der Waals surface area contributed by atoms with Gasteiger partial charge in [0.05, 0.1) is 10.2 Å². The highest BCUT2D eigenvalue weighted by Gasteiger charge is 2.13. The molecule has 0 unspecified atom stereocenters. The Morgan fingerprint density at radius 1 is 1.55 bits per heavy atom. The summed E-state index contributed by atoms with van der Waals surface area (Å²) in [5.41, 5.74) is 0.429. The number of hydrogen-bond acceptors (Lipinski definition) is 3. The summed E-state index contributed by atoms with van der Waals surface area (Å²) in [6, 6.07) is 4.82. The molecule has 0 radical (unpaired) electrons. The van der Waals surface area contributed by atoms with Crippen LogP contribution in [0.1, 0.15) is 10.6 Å². The molecule has 3 aromatic rings. The average Bonchev–Trinajstić information content (AvgIpc) is 3.05. The van der Waals surface area contributed by atoms with E-state index < -0.39 is 5.91 Å². The fourth-order valence-corrected chi connectivity index (χ4v) is 3.23. The van der Waals surface area contributed by atoms with Crippen LogP contribution in [0.4, 0.5) is 4.39 Å². The number of imidazole rings is 1. The molecule has 0 spiro atoms. The number of hydrogen-bond donors (Lipinski definition) is 0. The average molecular weight is 316 g/mol. The second kappa shape index (κ2) is 5.69. The molecule has 7 heteroatoms. The van der Waals surface area contributed by atoms with Gasteiger partial charge in [-0.05, 0) is 12.1 Å². The van der Waals surface area contributed by atoms with Crippen molar-refractivity contribution in [2.24, 2.45) is 12.0 Å². The predicted octanol–water partition coefficient (Wildman–Crippen LogP) is 2.50. The van der Waals surface area contributed by atoms with E-state index in [4.69, 9.17) is 0 Å². The van der Waals surface area contributed by atoms with Crippen LogP contribution in [0.5, 0.6) is 0 Å². The number of amides is 1. The number of nitrogens with zero attached hydrogens (tertiary/aromatic N) is 4. The van der Waals surface area contributed by atoms with Crippen LogP contribution in [0, 0.1) is 5.82 Å². The number of aromatic nitrogens is 3. The first-order valence-corrected chi connectivity index (χ1v) is 7.38. The maximum atomic E-state index is 14.1. The Morgan fingerprint density at radius 3 is 3.05 bits per heavy atom. The molecule has 0 aliphatic carbocycles. The van der Waals surface area contributed by atoms with Gasteiger partial charge in [-0.1, -0.05) is 23.5 Å². The van der Waals surface area contributed by atoms with Crippen LogP contribution in [0.3, 0.4) is 0 Å². The highest BCUT2D eigenvalue weighted by molar-refractivity contribution is 7.16. The lowest BCUT2D eigenvalue weighted by atomic mass is 10.3.